The smallest absolute Gasteiger partial charge is 0.406 e. The zero-order valence-corrected chi connectivity index (χ0v) is 10.00. The van der Waals surface area contributed by atoms with Crippen molar-refractivity contribution in [1.29, 1.82) is 0 Å². The first-order chi connectivity index (χ1) is 8.35. The maximum atomic E-state index is 12.0. The summed E-state index contributed by atoms with van der Waals surface area (Å²) in [6.07, 6.45) is -4.63. The normalized spacial score (nSPS) is 16.3. The third-order valence-corrected chi connectivity index (χ3v) is 3.01. The van der Waals surface area contributed by atoms with Gasteiger partial charge >= 0.3 is 6.36 Å². The summed E-state index contributed by atoms with van der Waals surface area (Å²) in [5, 5.41) is 0. The predicted molar refractivity (Wildman–Crippen MR) is 62.3 cm³/mol. The van der Waals surface area contributed by atoms with Gasteiger partial charge in [0.25, 0.3) is 0 Å². The molecule has 18 heavy (non-hydrogen) atoms. The van der Waals surface area contributed by atoms with E-state index in [-0.39, 0.29) is 5.75 Å². The van der Waals surface area contributed by atoms with Crippen LogP contribution in [0.3, 0.4) is 0 Å². The highest BCUT2D eigenvalue weighted by Gasteiger charge is 2.31. The average Bonchev–Trinajstić information content (AvgIpc) is 2.15. The summed E-state index contributed by atoms with van der Waals surface area (Å²) in [7, 11) is 0. The summed E-state index contributed by atoms with van der Waals surface area (Å²) in [6, 6.07) is 6.07. The van der Waals surface area contributed by atoms with Crippen molar-refractivity contribution in [3.63, 3.8) is 0 Å². The Morgan fingerprint density at radius 3 is 2.28 bits per heavy atom. The molecule has 0 bridgehead atoms. The van der Waals surface area contributed by atoms with E-state index < -0.39 is 6.36 Å². The lowest BCUT2D eigenvalue weighted by Crippen LogP contribution is -2.43. The second-order valence-corrected chi connectivity index (χ2v) is 4.45. The Bertz CT molecular complexity index is 433. The number of hydrogen-bond acceptors (Lipinski definition) is 2. The fraction of sp³-hybridized carbons (Fsp3) is 0.385. The SMILES string of the molecule is C=C(C)N1CC(c2ccc(OC(F)(F)F)cc2)C1. The monoisotopic (exact) mass is 257 g/mol. The lowest BCUT2D eigenvalue weighted by atomic mass is 9.91. The van der Waals surface area contributed by atoms with Crippen LogP contribution in [0.15, 0.2) is 36.5 Å². The van der Waals surface area contributed by atoms with Crippen molar-refractivity contribution < 1.29 is 17.9 Å². The van der Waals surface area contributed by atoms with E-state index >= 15 is 0 Å². The molecule has 1 aromatic rings. The van der Waals surface area contributed by atoms with Gasteiger partial charge < -0.3 is 9.64 Å². The van der Waals surface area contributed by atoms with Crippen LogP contribution in [0.2, 0.25) is 0 Å². The third-order valence-electron chi connectivity index (χ3n) is 3.01. The van der Waals surface area contributed by atoms with Crippen molar-refractivity contribution in [2.24, 2.45) is 0 Å². The van der Waals surface area contributed by atoms with Gasteiger partial charge in [-0.25, -0.2) is 0 Å². The summed E-state index contributed by atoms with van der Waals surface area (Å²) in [4.78, 5) is 2.13. The zero-order valence-electron chi connectivity index (χ0n) is 10.00. The molecule has 1 fully saturated rings. The van der Waals surface area contributed by atoms with Crippen LogP contribution in [-0.4, -0.2) is 24.4 Å². The molecule has 0 aromatic heterocycles. The minimum absolute atomic E-state index is 0.178. The highest BCUT2D eigenvalue weighted by molar-refractivity contribution is 5.31. The summed E-state index contributed by atoms with van der Waals surface area (Å²) >= 11 is 0. The second kappa shape index (κ2) is 4.55. The molecular weight excluding hydrogens is 243 g/mol. The molecule has 0 N–H and O–H groups in total. The van der Waals surface area contributed by atoms with Crippen LogP contribution < -0.4 is 4.74 Å². The lowest BCUT2D eigenvalue weighted by Gasteiger charge is -2.41. The molecule has 0 atom stereocenters. The Labute approximate surface area is 104 Å². The van der Waals surface area contributed by atoms with Crippen molar-refractivity contribution in [3.05, 3.63) is 42.1 Å². The maximum absolute atomic E-state index is 12.0. The van der Waals surface area contributed by atoms with E-state index in [4.69, 9.17) is 0 Å². The number of halogens is 3. The molecule has 1 saturated heterocycles. The molecule has 0 spiro atoms. The van der Waals surface area contributed by atoms with Crippen molar-refractivity contribution in [2.75, 3.05) is 13.1 Å². The Hall–Kier alpha value is -1.65. The Morgan fingerprint density at radius 2 is 1.83 bits per heavy atom. The molecule has 1 aliphatic rings. The quantitative estimate of drug-likeness (QED) is 0.821. The van der Waals surface area contributed by atoms with Gasteiger partial charge in [0.05, 0.1) is 0 Å². The standard InChI is InChI=1S/C13H14F3NO/c1-9(2)17-7-11(8-17)10-3-5-12(6-4-10)18-13(14,15)16/h3-6,11H,1,7-8H2,2H3. The van der Waals surface area contributed by atoms with Crippen LogP contribution >= 0.6 is 0 Å². The molecule has 0 unspecified atom stereocenters. The van der Waals surface area contributed by atoms with E-state index in [9.17, 15) is 13.2 Å². The molecule has 1 aromatic carbocycles. The van der Waals surface area contributed by atoms with Crippen LogP contribution in [0, 0.1) is 0 Å². The van der Waals surface area contributed by atoms with E-state index in [2.05, 4.69) is 16.2 Å². The Balaban J connectivity index is 1.95. The van der Waals surface area contributed by atoms with Crippen LogP contribution in [0.5, 0.6) is 5.75 Å². The van der Waals surface area contributed by atoms with Crippen LogP contribution in [0.1, 0.15) is 18.4 Å². The van der Waals surface area contributed by atoms with Gasteiger partial charge in [-0.15, -0.1) is 13.2 Å². The highest BCUT2D eigenvalue weighted by Crippen LogP contribution is 2.31. The fourth-order valence-electron chi connectivity index (χ4n) is 1.94. The number of hydrogen-bond donors (Lipinski definition) is 0. The zero-order chi connectivity index (χ0) is 13.3. The summed E-state index contributed by atoms with van der Waals surface area (Å²) in [5.74, 6) is 0.184. The van der Waals surface area contributed by atoms with E-state index in [1.54, 1.807) is 12.1 Å². The molecule has 98 valence electrons. The largest absolute Gasteiger partial charge is 0.573 e. The van der Waals surface area contributed by atoms with E-state index in [0.29, 0.717) is 5.92 Å². The second-order valence-electron chi connectivity index (χ2n) is 4.45. The van der Waals surface area contributed by atoms with Crippen molar-refractivity contribution in [3.8, 4) is 5.75 Å². The van der Waals surface area contributed by atoms with E-state index in [0.717, 1.165) is 24.4 Å². The first-order valence-corrected chi connectivity index (χ1v) is 5.61. The van der Waals surface area contributed by atoms with Crippen molar-refractivity contribution >= 4 is 0 Å². The molecule has 5 heteroatoms. The Morgan fingerprint density at radius 1 is 1.28 bits per heavy atom. The van der Waals surface area contributed by atoms with Crippen molar-refractivity contribution in [1.82, 2.24) is 4.90 Å². The lowest BCUT2D eigenvalue weighted by molar-refractivity contribution is -0.274. The minimum Gasteiger partial charge on any atom is -0.406 e. The minimum atomic E-state index is -4.63. The van der Waals surface area contributed by atoms with E-state index in [1.165, 1.54) is 12.1 Å². The maximum Gasteiger partial charge on any atom is 0.573 e. The highest BCUT2D eigenvalue weighted by atomic mass is 19.4. The fourth-order valence-corrected chi connectivity index (χ4v) is 1.94. The van der Waals surface area contributed by atoms with Gasteiger partial charge in [0.15, 0.2) is 0 Å². The van der Waals surface area contributed by atoms with Crippen LogP contribution in [0.4, 0.5) is 13.2 Å². The third kappa shape index (κ3) is 2.97. The average molecular weight is 257 g/mol. The number of allylic oxidation sites excluding steroid dienone is 1. The van der Waals surface area contributed by atoms with Gasteiger partial charge in [0.2, 0.25) is 0 Å². The first kappa shape index (κ1) is 12.8. The number of benzene rings is 1. The molecule has 1 heterocycles. The van der Waals surface area contributed by atoms with Gasteiger partial charge in [0, 0.05) is 24.7 Å². The molecule has 2 nitrogen and oxygen atoms in total. The van der Waals surface area contributed by atoms with E-state index in [1.807, 2.05) is 6.92 Å². The topological polar surface area (TPSA) is 12.5 Å². The summed E-state index contributed by atoms with van der Waals surface area (Å²) in [5.41, 5.74) is 2.05. The number of ether oxygens (including phenoxy) is 1. The molecule has 0 aliphatic carbocycles. The molecule has 2 rings (SSSR count). The van der Waals surface area contributed by atoms with Crippen molar-refractivity contribution in [2.45, 2.75) is 19.2 Å². The van der Waals surface area contributed by atoms with Gasteiger partial charge in [0.1, 0.15) is 5.75 Å². The molecular formula is C13H14F3NO. The number of alkyl halides is 3. The number of rotatable bonds is 3. The first-order valence-electron chi connectivity index (χ1n) is 5.61. The summed E-state index contributed by atoms with van der Waals surface area (Å²) in [6.45, 7) is 7.52. The van der Waals surface area contributed by atoms with Gasteiger partial charge in [-0.05, 0) is 24.6 Å². The number of nitrogens with zero attached hydrogens (tertiary/aromatic N) is 1. The predicted octanol–water partition coefficient (Wildman–Crippen LogP) is 3.52. The molecule has 0 amide bonds. The number of likely N-dealkylation sites (tertiary alicyclic amines) is 1. The Kier molecular flexibility index (Phi) is 3.24. The van der Waals surface area contributed by atoms with Gasteiger partial charge in [-0.3, -0.25) is 0 Å². The molecule has 0 saturated carbocycles. The molecule has 0 radical (unpaired) electrons. The van der Waals surface area contributed by atoms with Gasteiger partial charge in [-0.1, -0.05) is 18.7 Å². The molecule has 1 aliphatic heterocycles. The van der Waals surface area contributed by atoms with Crippen LogP contribution in [0.25, 0.3) is 0 Å². The summed E-state index contributed by atoms with van der Waals surface area (Å²) < 4.78 is 39.8. The van der Waals surface area contributed by atoms with Crippen LogP contribution in [-0.2, 0) is 0 Å². The van der Waals surface area contributed by atoms with Gasteiger partial charge in [-0.2, -0.15) is 0 Å².